The van der Waals surface area contributed by atoms with Crippen LogP contribution in [-0.4, -0.2) is 37.5 Å². The Morgan fingerprint density at radius 1 is 1.39 bits per heavy atom. The topological polar surface area (TPSA) is 32.3 Å². The highest BCUT2D eigenvalue weighted by Crippen LogP contribution is 2.20. The molecule has 1 aliphatic heterocycles. The Bertz CT molecular complexity index is 275. The van der Waals surface area contributed by atoms with Crippen LogP contribution in [0.4, 0.5) is 0 Å². The number of nitrogens with one attached hydrogen (secondary N) is 1. The number of carbonyl (C=O) groups excluding carboxylic acids is 1. The van der Waals surface area contributed by atoms with E-state index in [0.29, 0.717) is 12.3 Å². The fourth-order valence-electron chi connectivity index (χ4n) is 2.48. The molecule has 1 N–H and O–H groups in total. The Morgan fingerprint density at radius 3 is 2.72 bits per heavy atom. The van der Waals surface area contributed by atoms with Crippen molar-refractivity contribution >= 4 is 5.91 Å². The lowest BCUT2D eigenvalue weighted by Gasteiger charge is -2.32. The molecule has 1 aliphatic rings. The van der Waals surface area contributed by atoms with Crippen molar-refractivity contribution in [3.63, 3.8) is 0 Å². The second-order valence-electron chi connectivity index (χ2n) is 5.13. The van der Waals surface area contributed by atoms with Gasteiger partial charge in [0, 0.05) is 25.9 Å². The van der Waals surface area contributed by atoms with Crippen molar-refractivity contribution in [2.75, 3.05) is 26.7 Å². The first-order chi connectivity index (χ1) is 8.77. The van der Waals surface area contributed by atoms with Crippen LogP contribution >= 0.6 is 0 Å². The number of hydrogen-bond donors (Lipinski definition) is 1. The van der Waals surface area contributed by atoms with Crippen LogP contribution in [0.1, 0.15) is 44.9 Å². The first kappa shape index (κ1) is 15.0. The van der Waals surface area contributed by atoms with E-state index in [1.54, 1.807) is 0 Å². The molecule has 3 heteroatoms. The van der Waals surface area contributed by atoms with E-state index in [2.05, 4.69) is 11.2 Å². The van der Waals surface area contributed by atoms with Crippen molar-refractivity contribution in [2.24, 2.45) is 5.92 Å². The van der Waals surface area contributed by atoms with E-state index in [1.165, 1.54) is 6.42 Å². The van der Waals surface area contributed by atoms with Crippen LogP contribution in [0.2, 0.25) is 0 Å². The minimum atomic E-state index is 0.319. The van der Waals surface area contributed by atoms with Crippen LogP contribution in [0.25, 0.3) is 0 Å². The molecule has 0 atom stereocenters. The molecule has 3 nitrogen and oxygen atoms in total. The zero-order valence-electron chi connectivity index (χ0n) is 11.6. The minimum Gasteiger partial charge on any atom is -0.343 e. The van der Waals surface area contributed by atoms with Gasteiger partial charge in [-0.2, -0.15) is 0 Å². The van der Waals surface area contributed by atoms with Gasteiger partial charge < -0.3 is 10.2 Å². The lowest BCUT2D eigenvalue weighted by Crippen LogP contribution is -2.38. The van der Waals surface area contributed by atoms with Gasteiger partial charge in [0.05, 0.1) is 0 Å². The third-order valence-electron chi connectivity index (χ3n) is 3.73. The molecular formula is C15H26N2O. The summed E-state index contributed by atoms with van der Waals surface area (Å²) in [5.41, 5.74) is 0. The molecule has 0 aromatic carbocycles. The predicted octanol–water partition coefficient (Wildman–Crippen LogP) is 2.03. The van der Waals surface area contributed by atoms with Gasteiger partial charge in [-0.1, -0.05) is 0 Å². The number of carbonyl (C=O) groups is 1. The van der Waals surface area contributed by atoms with Crippen LogP contribution in [0.5, 0.6) is 0 Å². The molecule has 0 aromatic rings. The number of piperidine rings is 1. The third kappa shape index (κ3) is 5.55. The van der Waals surface area contributed by atoms with E-state index in [4.69, 9.17) is 6.42 Å². The van der Waals surface area contributed by atoms with Crippen molar-refractivity contribution in [2.45, 2.75) is 44.9 Å². The Labute approximate surface area is 111 Å². The molecule has 0 spiro atoms. The summed E-state index contributed by atoms with van der Waals surface area (Å²) in [6.07, 6.45) is 12.1. The smallest absolute Gasteiger partial charge is 0.222 e. The first-order valence-corrected chi connectivity index (χ1v) is 7.13. The molecule has 1 rings (SSSR count). The van der Waals surface area contributed by atoms with Crippen molar-refractivity contribution in [3.8, 4) is 12.3 Å². The molecule has 0 aromatic heterocycles. The SMILES string of the molecule is C#CCCCCC(=O)N1CCC(CCNC)CC1. The van der Waals surface area contributed by atoms with E-state index in [0.717, 1.165) is 57.7 Å². The minimum absolute atomic E-state index is 0.319. The van der Waals surface area contributed by atoms with Gasteiger partial charge >= 0.3 is 0 Å². The standard InChI is InChI=1S/C15H26N2O/c1-3-4-5-6-7-15(18)17-12-9-14(10-13-17)8-11-16-2/h1,14,16H,4-13H2,2H3. The average Bonchev–Trinajstić information content (AvgIpc) is 2.41. The Balaban J connectivity index is 2.13. The monoisotopic (exact) mass is 250 g/mol. The van der Waals surface area contributed by atoms with E-state index in [1.807, 2.05) is 11.9 Å². The van der Waals surface area contributed by atoms with E-state index in [-0.39, 0.29) is 0 Å². The van der Waals surface area contributed by atoms with Crippen LogP contribution < -0.4 is 5.32 Å². The maximum atomic E-state index is 11.9. The number of unbranched alkanes of at least 4 members (excludes halogenated alkanes) is 2. The summed E-state index contributed by atoms with van der Waals surface area (Å²) in [5, 5.41) is 3.19. The quantitative estimate of drug-likeness (QED) is 0.554. The summed E-state index contributed by atoms with van der Waals surface area (Å²) >= 11 is 0. The van der Waals surface area contributed by atoms with Gasteiger partial charge in [0.15, 0.2) is 0 Å². The summed E-state index contributed by atoms with van der Waals surface area (Å²) in [4.78, 5) is 14.0. The maximum absolute atomic E-state index is 11.9. The van der Waals surface area contributed by atoms with Crippen LogP contribution in [0, 0.1) is 18.3 Å². The highest BCUT2D eigenvalue weighted by molar-refractivity contribution is 5.76. The van der Waals surface area contributed by atoms with Crippen molar-refractivity contribution in [1.29, 1.82) is 0 Å². The number of amides is 1. The van der Waals surface area contributed by atoms with E-state index in [9.17, 15) is 4.79 Å². The number of likely N-dealkylation sites (tertiary alicyclic amines) is 1. The zero-order valence-corrected chi connectivity index (χ0v) is 11.6. The molecular weight excluding hydrogens is 224 g/mol. The highest BCUT2D eigenvalue weighted by atomic mass is 16.2. The normalized spacial score (nSPS) is 16.6. The molecule has 1 fully saturated rings. The highest BCUT2D eigenvalue weighted by Gasteiger charge is 2.21. The fraction of sp³-hybridized carbons (Fsp3) is 0.800. The van der Waals surface area contributed by atoms with Gasteiger partial charge in [-0.25, -0.2) is 0 Å². The van der Waals surface area contributed by atoms with Gasteiger partial charge in [-0.05, 0) is 51.6 Å². The summed E-state index contributed by atoms with van der Waals surface area (Å²) in [5.74, 6) is 3.73. The molecule has 18 heavy (non-hydrogen) atoms. The van der Waals surface area contributed by atoms with E-state index < -0.39 is 0 Å². The van der Waals surface area contributed by atoms with Gasteiger partial charge in [-0.3, -0.25) is 4.79 Å². The summed E-state index contributed by atoms with van der Waals surface area (Å²) < 4.78 is 0. The van der Waals surface area contributed by atoms with Crippen LogP contribution in [0.3, 0.4) is 0 Å². The summed E-state index contributed by atoms with van der Waals surface area (Å²) in [6, 6.07) is 0. The second kappa shape index (κ2) is 8.99. The predicted molar refractivity (Wildman–Crippen MR) is 75.1 cm³/mol. The van der Waals surface area contributed by atoms with Crippen LogP contribution in [0.15, 0.2) is 0 Å². The van der Waals surface area contributed by atoms with E-state index >= 15 is 0 Å². The van der Waals surface area contributed by atoms with Crippen LogP contribution in [-0.2, 0) is 4.79 Å². The zero-order chi connectivity index (χ0) is 13.2. The van der Waals surface area contributed by atoms with Crippen molar-refractivity contribution < 1.29 is 4.79 Å². The molecule has 0 radical (unpaired) electrons. The molecule has 0 unspecified atom stereocenters. The Morgan fingerprint density at radius 2 is 2.11 bits per heavy atom. The first-order valence-electron chi connectivity index (χ1n) is 7.13. The number of hydrogen-bond acceptors (Lipinski definition) is 2. The second-order valence-corrected chi connectivity index (χ2v) is 5.13. The molecule has 0 bridgehead atoms. The Hall–Kier alpha value is -1.01. The molecule has 102 valence electrons. The lowest BCUT2D eigenvalue weighted by molar-refractivity contribution is -0.132. The summed E-state index contributed by atoms with van der Waals surface area (Å²) in [7, 11) is 1.99. The van der Waals surface area contributed by atoms with Crippen molar-refractivity contribution in [1.82, 2.24) is 10.2 Å². The largest absolute Gasteiger partial charge is 0.343 e. The Kier molecular flexibility index (Phi) is 7.52. The number of nitrogens with zero attached hydrogens (tertiary/aromatic N) is 1. The average molecular weight is 250 g/mol. The molecule has 1 heterocycles. The molecule has 1 saturated heterocycles. The van der Waals surface area contributed by atoms with Gasteiger partial charge in [0.1, 0.15) is 0 Å². The number of rotatable bonds is 7. The lowest BCUT2D eigenvalue weighted by atomic mass is 9.93. The maximum Gasteiger partial charge on any atom is 0.222 e. The fourth-order valence-corrected chi connectivity index (χ4v) is 2.48. The molecule has 1 amide bonds. The molecule has 0 saturated carbocycles. The van der Waals surface area contributed by atoms with Gasteiger partial charge in [0.2, 0.25) is 5.91 Å². The summed E-state index contributed by atoms with van der Waals surface area (Å²) in [6.45, 7) is 2.98. The molecule has 0 aliphatic carbocycles. The van der Waals surface area contributed by atoms with Gasteiger partial charge in [-0.15, -0.1) is 12.3 Å². The third-order valence-corrected chi connectivity index (χ3v) is 3.73. The van der Waals surface area contributed by atoms with Gasteiger partial charge in [0.25, 0.3) is 0 Å². The van der Waals surface area contributed by atoms with Crippen molar-refractivity contribution in [3.05, 3.63) is 0 Å². The number of terminal acetylenes is 1.